The molecule has 0 spiro atoms. The molecule has 0 aliphatic carbocycles. The normalized spacial score (nSPS) is 17.1. The van der Waals surface area contributed by atoms with E-state index in [1.807, 2.05) is 30.3 Å². The summed E-state index contributed by atoms with van der Waals surface area (Å²) in [7, 11) is 1.60. The van der Waals surface area contributed by atoms with Gasteiger partial charge in [-0.05, 0) is 36.7 Å². The fraction of sp³-hybridized carbons (Fsp3) is 0.292. The van der Waals surface area contributed by atoms with Crippen molar-refractivity contribution in [3.8, 4) is 17.0 Å². The molecule has 0 bridgehead atoms. The number of aromatic nitrogens is 3. The van der Waals surface area contributed by atoms with E-state index in [0.29, 0.717) is 49.2 Å². The minimum absolute atomic E-state index is 0.0953. The van der Waals surface area contributed by atoms with Crippen molar-refractivity contribution in [2.75, 3.05) is 36.2 Å². The van der Waals surface area contributed by atoms with Gasteiger partial charge in [0.1, 0.15) is 23.5 Å². The van der Waals surface area contributed by atoms with Crippen molar-refractivity contribution in [2.45, 2.75) is 24.0 Å². The molecule has 0 saturated carbocycles. The lowest BCUT2D eigenvalue weighted by Crippen LogP contribution is -2.28. The summed E-state index contributed by atoms with van der Waals surface area (Å²) in [5.41, 5.74) is 2.82. The largest absolute Gasteiger partial charge is 0.495 e. The zero-order valence-corrected chi connectivity index (χ0v) is 19.9. The summed E-state index contributed by atoms with van der Waals surface area (Å²) in [5.74, 6) is 1.90. The fourth-order valence-corrected chi connectivity index (χ4v) is 4.66. The zero-order chi connectivity index (χ0) is 24.2. The number of hydrogen-bond donors (Lipinski definition) is 2. The van der Waals surface area contributed by atoms with Crippen LogP contribution < -0.4 is 20.3 Å². The summed E-state index contributed by atoms with van der Waals surface area (Å²) in [5, 5.41) is 14.3. The number of nitrogens with one attached hydrogen (secondary N) is 2. The molecule has 10 nitrogen and oxygen atoms in total. The number of carbonyl (C=O) groups is 2. The third-order valence-electron chi connectivity index (χ3n) is 5.67. The van der Waals surface area contributed by atoms with Crippen LogP contribution in [0.1, 0.15) is 12.0 Å². The summed E-state index contributed by atoms with van der Waals surface area (Å²) in [4.78, 5) is 30.9. The third kappa shape index (κ3) is 5.36. The maximum absolute atomic E-state index is 12.4. The number of amides is 2. The second-order valence-corrected chi connectivity index (χ2v) is 9.13. The van der Waals surface area contributed by atoms with Gasteiger partial charge in [-0.15, -0.1) is 11.8 Å². The predicted molar refractivity (Wildman–Crippen MR) is 132 cm³/mol. The summed E-state index contributed by atoms with van der Waals surface area (Å²) in [6, 6.07) is 13.6. The lowest BCUT2D eigenvalue weighted by molar-refractivity contribution is -0.113. The first-order chi connectivity index (χ1) is 17.1. The van der Waals surface area contributed by atoms with E-state index in [2.05, 4.69) is 31.9 Å². The molecular weight excluding hydrogens is 468 g/mol. The molecule has 4 heterocycles. The molecule has 0 radical (unpaired) electrons. The van der Waals surface area contributed by atoms with Gasteiger partial charge in [0.05, 0.1) is 36.2 Å². The van der Waals surface area contributed by atoms with Gasteiger partial charge >= 0.3 is 6.09 Å². The molecule has 3 aromatic rings. The SMILES string of the molecule is COc1cnnc(-c2cccc(CNCC[C@@H]3CN(c4ccc5c(n4)NC(=O)CS5)C(=O)O3)c2)c1. The summed E-state index contributed by atoms with van der Waals surface area (Å²) < 4.78 is 10.8. The second-order valence-electron chi connectivity index (χ2n) is 8.12. The van der Waals surface area contributed by atoms with Crippen LogP contribution in [0.3, 0.4) is 0 Å². The minimum Gasteiger partial charge on any atom is -0.495 e. The van der Waals surface area contributed by atoms with Crippen LogP contribution in [0.25, 0.3) is 11.3 Å². The maximum Gasteiger partial charge on any atom is 0.415 e. The Morgan fingerprint density at radius 2 is 2.17 bits per heavy atom. The van der Waals surface area contributed by atoms with Gasteiger partial charge in [-0.2, -0.15) is 10.2 Å². The number of cyclic esters (lactones) is 1. The van der Waals surface area contributed by atoms with E-state index in [1.54, 1.807) is 19.4 Å². The third-order valence-corrected chi connectivity index (χ3v) is 6.72. The topological polar surface area (TPSA) is 119 Å². The van der Waals surface area contributed by atoms with Crippen LogP contribution in [0, 0.1) is 0 Å². The maximum atomic E-state index is 12.4. The van der Waals surface area contributed by atoms with E-state index in [-0.39, 0.29) is 12.0 Å². The molecule has 0 unspecified atom stereocenters. The molecule has 11 heteroatoms. The second kappa shape index (κ2) is 10.3. The quantitative estimate of drug-likeness (QED) is 0.457. The molecule has 1 atom stereocenters. The van der Waals surface area contributed by atoms with E-state index >= 15 is 0 Å². The Kier molecular flexibility index (Phi) is 6.77. The van der Waals surface area contributed by atoms with E-state index in [4.69, 9.17) is 9.47 Å². The van der Waals surface area contributed by atoms with Crippen molar-refractivity contribution in [2.24, 2.45) is 0 Å². The lowest BCUT2D eigenvalue weighted by Gasteiger charge is -2.18. The highest BCUT2D eigenvalue weighted by Crippen LogP contribution is 2.32. The molecule has 35 heavy (non-hydrogen) atoms. The van der Waals surface area contributed by atoms with Crippen molar-refractivity contribution in [3.05, 3.63) is 54.2 Å². The zero-order valence-electron chi connectivity index (χ0n) is 19.1. The van der Waals surface area contributed by atoms with Crippen molar-refractivity contribution in [3.63, 3.8) is 0 Å². The van der Waals surface area contributed by atoms with Gasteiger partial charge in [0.2, 0.25) is 5.91 Å². The summed E-state index contributed by atoms with van der Waals surface area (Å²) in [6.45, 7) is 1.76. The van der Waals surface area contributed by atoms with Crippen molar-refractivity contribution < 1.29 is 19.1 Å². The Hall–Kier alpha value is -3.70. The van der Waals surface area contributed by atoms with Crippen LogP contribution >= 0.6 is 11.8 Å². The molecule has 180 valence electrons. The van der Waals surface area contributed by atoms with E-state index in [0.717, 1.165) is 21.7 Å². The Bertz CT molecular complexity index is 1260. The van der Waals surface area contributed by atoms with Gasteiger partial charge in [0.25, 0.3) is 0 Å². The molecule has 2 aromatic heterocycles. The van der Waals surface area contributed by atoms with Crippen molar-refractivity contribution in [1.29, 1.82) is 0 Å². The predicted octanol–water partition coefficient (Wildman–Crippen LogP) is 3.10. The number of anilines is 2. The van der Waals surface area contributed by atoms with Gasteiger partial charge in [-0.1, -0.05) is 18.2 Å². The number of rotatable bonds is 8. The molecule has 2 amide bonds. The van der Waals surface area contributed by atoms with Gasteiger partial charge in [-0.25, -0.2) is 9.78 Å². The Balaban J connectivity index is 1.13. The number of ether oxygens (including phenoxy) is 2. The number of pyridine rings is 1. The summed E-state index contributed by atoms with van der Waals surface area (Å²) >= 11 is 1.43. The number of carbonyl (C=O) groups excluding carboxylic acids is 2. The molecule has 1 aromatic carbocycles. The monoisotopic (exact) mass is 492 g/mol. The molecule has 5 rings (SSSR count). The van der Waals surface area contributed by atoms with Crippen LogP contribution in [0.15, 0.2) is 53.6 Å². The number of benzene rings is 1. The van der Waals surface area contributed by atoms with Gasteiger partial charge in [0.15, 0.2) is 0 Å². The highest BCUT2D eigenvalue weighted by molar-refractivity contribution is 8.00. The van der Waals surface area contributed by atoms with Crippen LogP contribution in [-0.4, -0.2) is 59.2 Å². The number of hydrogen-bond acceptors (Lipinski definition) is 9. The average Bonchev–Trinajstić information content (AvgIpc) is 3.26. The number of nitrogens with zero attached hydrogens (tertiary/aromatic N) is 4. The smallest absolute Gasteiger partial charge is 0.415 e. The summed E-state index contributed by atoms with van der Waals surface area (Å²) in [6.07, 6.45) is 1.57. The molecule has 2 aliphatic heterocycles. The lowest BCUT2D eigenvalue weighted by atomic mass is 10.1. The van der Waals surface area contributed by atoms with Crippen molar-refractivity contribution in [1.82, 2.24) is 20.5 Å². The molecule has 2 aliphatic rings. The first kappa shape index (κ1) is 23.1. The van der Waals surface area contributed by atoms with Crippen LogP contribution in [-0.2, 0) is 16.1 Å². The van der Waals surface area contributed by atoms with Gasteiger partial charge < -0.3 is 20.1 Å². The average molecular weight is 493 g/mol. The van der Waals surface area contributed by atoms with E-state index in [9.17, 15) is 9.59 Å². The van der Waals surface area contributed by atoms with E-state index < -0.39 is 6.09 Å². The highest BCUT2D eigenvalue weighted by Gasteiger charge is 2.33. The van der Waals surface area contributed by atoms with Crippen molar-refractivity contribution >= 4 is 35.4 Å². The van der Waals surface area contributed by atoms with Crippen LogP contribution in [0.2, 0.25) is 0 Å². The Morgan fingerprint density at radius 3 is 3.06 bits per heavy atom. The van der Waals surface area contributed by atoms with Crippen LogP contribution in [0.4, 0.5) is 16.4 Å². The highest BCUT2D eigenvalue weighted by atomic mass is 32.2. The fourth-order valence-electron chi connectivity index (χ4n) is 3.90. The molecular formula is C24H24N6O4S. The van der Waals surface area contributed by atoms with Gasteiger partial charge in [0, 0.05) is 18.2 Å². The Morgan fingerprint density at radius 1 is 1.26 bits per heavy atom. The standard InChI is InChI=1S/C24H24N6O4S/c1-33-18-10-19(29-26-12-18)16-4-2-3-15(9-16)11-25-8-7-17-13-30(24(32)34-17)21-6-5-20-23(27-21)28-22(31)14-35-20/h2-6,9-10,12,17,25H,7-8,11,13-14H2,1H3,(H,27,28,31)/t17-/m1/s1. The molecule has 1 saturated heterocycles. The van der Waals surface area contributed by atoms with E-state index in [1.165, 1.54) is 16.7 Å². The number of methoxy groups -OCH3 is 1. The van der Waals surface area contributed by atoms with Gasteiger partial charge in [-0.3, -0.25) is 9.69 Å². The first-order valence-corrected chi connectivity index (χ1v) is 12.2. The Labute approximate surface area is 206 Å². The number of fused-ring (bicyclic) bond motifs is 1. The number of thioether (sulfide) groups is 1. The first-order valence-electron chi connectivity index (χ1n) is 11.2. The molecule has 1 fully saturated rings. The van der Waals surface area contributed by atoms with Crippen LogP contribution in [0.5, 0.6) is 5.75 Å². The minimum atomic E-state index is -0.427. The molecule has 2 N–H and O–H groups in total.